The number of hydrogen-bond donors (Lipinski definition) is 0. The predicted octanol–water partition coefficient (Wildman–Crippen LogP) is 5.55. The Morgan fingerprint density at radius 2 is 0.731 bits per heavy atom. The molecule has 0 atom stereocenters. The van der Waals surface area contributed by atoms with Gasteiger partial charge in [0.15, 0.2) is 0 Å². The molecule has 0 fully saturated rings. The molecular weight excluding hydrogens is 320 g/mol. The van der Waals surface area contributed by atoms with Crippen LogP contribution in [0.4, 0.5) is 0 Å². The molecule has 4 aromatic rings. The van der Waals surface area contributed by atoms with Crippen LogP contribution in [-0.4, -0.2) is 11.6 Å². The van der Waals surface area contributed by atoms with E-state index in [0.29, 0.717) is 11.1 Å². The number of benzene rings is 4. The van der Waals surface area contributed by atoms with Crippen molar-refractivity contribution < 1.29 is 9.59 Å². The van der Waals surface area contributed by atoms with Crippen molar-refractivity contribution in [3.8, 4) is 22.3 Å². The molecule has 0 heterocycles. The molecule has 0 spiro atoms. The van der Waals surface area contributed by atoms with Gasteiger partial charge in [0.2, 0.25) is 11.6 Å². The monoisotopic (exact) mass is 334 g/mol. The zero-order valence-electron chi connectivity index (χ0n) is 13.9. The van der Waals surface area contributed by atoms with Crippen LogP contribution < -0.4 is 0 Å². The number of rotatable bonds is 2. The molecule has 122 valence electrons. The lowest BCUT2D eigenvalue weighted by Gasteiger charge is -2.13. The van der Waals surface area contributed by atoms with Gasteiger partial charge in [-0.05, 0) is 39.8 Å². The first-order valence-electron chi connectivity index (χ1n) is 8.55. The van der Waals surface area contributed by atoms with Gasteiger partial charge in [-0.3, -0.25) is 9.59 Å². The van der Waals surface area contributed by atoms with Crippen molar-refractivity contribution in [2.24, 2.45) is 0 Å². The van der Waals surface area contributed by atoms with E-state index in [0.717, 1.165) is 33.0 Å². The van der Waals surface area contributed by atoms with Gasteiger partial charge in [0, 0.05) is 16.5 Å². The molecule has 1 aliphatic rings. The van der Waals surface area contributed by atoms with Gasteiger partial charge in [0.25, 0.3) is 0 Å². The van der Waals surface area contributed by atoms with Crippen LogP contribution in [0.2, 0.25) is 0 Å². The third kappa shape index (κ3) is 1.99. The molecule has 0 radical (unpaired) electrons. The van der Waals surface area contributed by atoms with Crippen molar-refractivity contribution in [1.29, 1.82) is 0 Å². The summed E-state index contributed by atoms with van der Waals surface area (Å²) in [5, 5.41) is 1.75. The molecule has 1 aliphatic carbocycles. The van der Waals surface area contributed by atoms with Crippen molar-refractivity contribution in [3.63, 3.8) is 0 Å². The Balaban J connectivity index is 1.96. The van der Waals surface area contributed by atoms with Gasteiger partial charge >= 0.3 is 0 Å². The van der Waals surface area contributed by atoms with Crippen LogP contribution in [0.15, 0.2) is 84.9 Å². The van der Waals surface area contributed by atoms with Crippen molar-refractivity contribution in [3.05, 3.63) is 96.1 Å². The summed E-state index contributed by atoms with van der Waals surface area (Å²) in [4.78, 5) is 24.8. The van der Waals surface area contributed by atoms with Crippen LogP contribution in [0, 0.1) is 0 Å². The highest BCUT2D eigenvalue weighted by Crippen LogP contribution is 2.42. The third-order valence-electron chi connectivity index (χ3n) is 5.03. The molecule has 0 saturated heterocycles. The molecule has 0 N–H and O–H groups in total. The third-order valence-corrected chi connectivity index (χ3v) is 5.03. The van der Waals surface area contributed by atoms with Gasteiger partial charge in [0.05, 0.1) is 0 Å². The SMILES string of the molecule is O=C1C(=O)c2ccc(-c3ccccc3)c3c(-c4ccccc4)ccc1c23. The Morgan fingerprint density at radius 1 is 0.385 bits per heavy atom. The highest BCUT2D eigenvalue weighted by Gasteiger charge is 2.32. The first-order valence-corrected chi connectivity index (χ1v) is 8.55. The summed E-state index contributed by atoms with van der Waals surface area (Å²) in [6, 6.07) is 27.7. The second-order valence-electron chi connectivity index (χ2n) is 6.46. The zero-order valence-corrected chi connectivity index (χ0v) is 13.9. The molecule has 2 nitrogen and oxygen atoms in total. The minimum absolute atomic E-state index is 0.408. The molecular formula is C24H14O2. The van der Waals surface area contributed by atoms with Gasteiger partial charge in [-0.25, -0.2) is 0 Å². The lowest BCUT2D eigenvalue weighted by Crippen LogP contribution is -2.05. The fraction of sp³-hybridized carbons (Fsp3) is 0. The van der Waals surface area contributed by atoms with E-state index in [9.17, 15) is 9.59 Å². The maximum Gasteiger partial charge on any atom is 0.234 e. The molecule has 0 aliphatic heterocycles. The number of Topliss-reactive ketones (excluding diaryl/α,β-unsaturated/α-hetero) is 2. The van der Waals surface area contributed by atoms with Crippen molar-refractivity contribution in [2.45, 2.75) is 0 Å². The Kier molecular flexibility index (Phi) is 3.13. The van der Waals surface area contributed by atoms with E-state index in [-0.39, 0.29) is 0 Å². The van der Waals surface area contributed by atoms with Gasteiger partial charge in [-0.1, -0.05) is 72.8 Å². The Hall–Kier alpha value is -3.52. The summed E-state index contributed by atoms with van der Waals surface area (Å²) in [7, 11) is 0. The Morgan fingerprint density at radius 3 is 1.15 bits per heavy atom. The van der Waals surface area contributed by atoms with Crippen LogP contribution >= 0.6 is 0 Å². The summed E-state index contributed by atoms with van der Waals surface area (Å²) < 4.78 is 0. The molecule has 2 heteroatoms. The minimum Gasteiger partial charge on any atom is -0.285 e. The van der Waals surface area contributed by atoms with Gasteiger partial charge in [-0.15, -0.1) is 0 Å². The molecule has 0 aromatic heterocycles. The van der Waals surface area contributed by atoms with E-state index in [1.807, 2.05) is 48.5 Å². The molecule has 0 unspecified atom stereocenters. The summed E-state index contributed by atoms with van der Waals surface area (Å²) in [5.41, 5.74) is 5.23. The normalized spacial score (nSPS) is 12.8. The van der Waals surface area contributed by atoms with E-state index >= 15 is 0 Å². The van der Waals surface area contributed by atoms with Crippen LogP contribution in [-0.2, 0) is 0 Å². The van der Waals surface area contributed by atoms with Gasteiger partial charge in [-0.2, -0.15) is 0 Å². The maximum atomic E-state index is 12.4. The second kappa shape index (κ2) is 5.50. The van der Waals surface area contributed by atoms with E-state index in [1.54, 1.807) is 12.1 Å². The van der Waals surface area contributed by atoms with Crippen LogP contribution in [0.5, 0.6) is 0 Å². The van der Waals surface area contributed by atoms with E-state index in [1.165, 1.54) is 0 Å². The smallest absolute Gasteiger partial charge is 0.234 e. The first kappa shape index (κ1) is 14.8. The fourth-order valence-electron chi connectivity index (χ4n) is 3.84. The Labute approximate surface area is 150 Å². The zero-order chi connectivity index (χ0) is 17.7. The first-order chi connectivity index (χ1) is 12.8. The number of ketones is 2. The number of hydrogen-bond acceptors (Lipinski definition) is 2. The van der Waals surface area contributed by atoms with Gasteiger partial charge in [0.1, 0.15) is 0 Å². The highest BCUT2D eigenvalue weighted by atomic mass is 16.2. The molecule has 0 amide bonds. The largest absolute Gasteiger partial charge is 0.285 e. The van der Waals surface area contributed by atoms with Crippen molar-refractivity contribution in [2.75, 3.05) is 0 Å². The van der Waals surface area contributed by atoms with E-state index < -0.39 is 11.6 Å². The number of carbonyl (C=O) groups is 2. The molecule has 4 aromatic carbocycles. The molecule has 0 saturated carbocycles. The number of carbonyl (C=O) groups excluding carboxylic acids is 2. The summed E-state index contributed by atoms with van der Waals surface area (Å²) in [6.45, 7) is 0. The summed E-state index contributed by atoms with van der Waals surface area (Å²) in [5.74, 6) is -0.815. The molecule has 26 heavy (non-hydrogen) atoms. The maximum absolute atomic E-state index is 12.4. The lowest BCUT2D eigenvalue weighted by molar-refractivity contribution is 0.0825. The predicted molar refractivity (Wildman–Crippen MR) is 103 cm³/mol. The second-order valence-corrected chi connectivity index (χ2v) is 6.46. The minimum atomic E-state index is -0.408. The topological polar surface area (TPSA) is 34.1 Å². The fourth-order valence-corrected chi connectivity index (χ4v) is 3.84. The van der Waals surface area contributed by atoms with Crippen molar-refractivity contribution in [1.82, 2.24) is 0 Å². The molecule has 0 bridgehead atoms. The van der Waals surface area contributed by atoms with E-state index in [2.05, 4.69) is 24.3 Å². The lowest BCUT2D eigenvalue weighted by atomic mass is 9.89. The summed E-state index contributed by atoms with van der Waals surface area (Å²) >= 11 is 0. The quantitative estimate of drug-likeness (QED) is 0.450. The summed E-state index contributed by atoms with van der Waals surface area (Å²) in [6.07, 6.45) is 0. The average Bonchev–Trinajstić information content (AvgIpc) is 2.96. The molecule has 5 rings (SSSR count). The van der Waals surface area contributed by atoms with Crippen molar-refractivity contribution >= 4 is 22.3 Å². The van der Waals surface area contributed by atoms with Crippen LogP contribution in [0.3, 0.4) is 0 Å². The van der Waals surface area contributed by atoms with Crippen LogP contribution in [0.1, 0.15) is 20.7 Å². The van der Waals surface area contributed by atoms with Gasteiger partial charge < -0.3 is 0 Å². The standard InChI is InChI=1S/C24H14O2/c25-23-19-13-11-17(15-7-3-1-4-8-15)21-18(16-9-5-2-6-10-16)12-14-20(22(19)21)24(23)26/h1-14H. The highest BCUT2D eigenvalue weighted by molar-refractivity contribution is 6.57. The average molecular weight is 334 g/mol. The van der Waals surface area contributed by atoms with E-state index in [4.69, 9.17) is 0 Å². The van der Waals surface area contributed by atoms with Crippen LogP contribution in [0.25, 0.3) is 33.0 Å². The Bertz CT molecular complexity index is 1100.